The minimum Gasteiger partial charge on any atom is -0.309 e. The van der Waals surface area contributed by atoms with Crippen LogP contribution in [0, 0.1) is 5.41 Å². The van der Waals surface area contributed by atoms with Gasteiger partial charge < -0.3 is 5.32 Å². The Kier molecular flexibility index (Phi) is 4.09. The van der Waals surface area contributed by atoms with Crippen molar-refractivity contribution in [3.05, 3.63) is 20.8 Å². The van der Waals surface area contributed by atoms with Gasteiger partial charge >= 0.3 is 0 Å². The summed E-state index contributed by atoms with van der Waals surface area (Å²) in [6.07, 6.45) is 5.42. The maximum Gasteiger partial charge on any atom is 0.0302 e. The van der Waals surface area contributed by atoms with E-state index in [1.807, 2.05) is 11.3 Å². The third-order valence-corrected chi connectivity index (χ3v) is 5.09. The lowest BCUT2D eigenvalue weighted by atomic mass is 9.75. The molecule has 0 saturated heterocycles. The molecule has 0 radical (unpaired) electrons. The molecule has 0 spiro atoms. The smallest absolute Gasteiger partial charge is 0.0302 e. The van der Waals surface area contributed by atoms with Gasteiger partial charge in [0.15, 0.2) is 0 Å². The number of rotatable bonds is 3. The first-order chi connectivity index (χ1) is 7.55. The van der Waals surface area contributed by atoms with E-state index >= 15 is 0 Å². The fourth-order valence-corrected chi connectivity index (χ4v) is 3.97. The molecule has 1 aliphatic rings. The van der Waals surface area contributed by atoms with Crippen LogP contribution in [0.4, 0.5) is 0 Å². The highest BCUT2D eigenvalue weighted by Gasteiger charge is 2.27. The summed E-state index contributed by atoms with van der Waals surface area (Å²) < 4.78 is 1.21. The van der Waals surface area contributed by atoms with Gasteiger partial charge in [0.05, 0.1) is 0 Å². The average molecular weight is 302 g/mol. The zero-order valence-corrected chi connectivity index (χ0v) is 12.5. The molecule has 1 aliphatic carbocycles. The monoisotopic (exact) mass is 301 g/mol. The third kappa shape index (κ3) is 3.57. The van der Waals surface area contributed by atoms with E-state index < -0.39 is 0 Å². The molecule has 1 unspecified atom stereocenters. The van der Waals surface area contributed by atoms with Crippen LogP contribution in [-0.2, 0) is 6.54 Å². The average Bonchev–Trinajstić information content (AvgIpc) is 2.60. The van der Waals surface area contributed by atoms with E-state index in [0.717, 1.165) is 6.54 Å². The molecule has 2 rings (SSSR count). The lowest BCUT2D eigenvalue weighted by Gasteiger charge is -2.35. The van der Waals surface area contributed by atoms with E-state index in [1.165, 1.54) is 35.0 Å². The normalized spacial score (nSPS) is 24.6. The molecule has 0 aliphatic heterocycles. The molecule has 1 aromatic heterocycles. The molecule has 1 fully saturated rings. The van der Waals surface area contributed by atoms with E-state index in [9.17, 15) is 0 Å². The van der Waals surface area contributed by atoms with Crippen LogP contribution in [0.15, 0.2) is 15.9 Å². The zero-order chi connectivity index (χ0) is 11.6. The summed E-state index contributed by atoms with van der Waals surface area (Å²) in [5.41, 5.74) is 0.534. The first kappa shape index (κ1) is 12.6. The molecule has 1 aromatic rings. The van der Waals surface area contributed by atoms with Gasteiger partial charge in [0.25, 0.3) is 0 Å². The minimum atomic E-state index is 0.534. The van der Waals surface area contributed by atoms with Gasteiger partial charge in [0.1, 0.15) is 0 Å². The van der Waals surface area contributed by atoms with Gasteiger partial charge in [0, 0.05) is 27.3 Å². The van der Waals surface area contributed by atoms with Gasteiger partial charge in [-0.1, -0.05) is 20.3 Å². The number of thiophene rings is 1. The number of hydrogen-bond donors (Lipinski definition) is 1. The predicted molar refractivity (Wildman–Crippen MR) is 74.9 cm³/mol. The summed E-state index contributed by atoms with van der Waals surface area (Å²) >= 11 is 5.33. The summed E-state index contributed by atoms with van der Waals surface area (Å²) in [4.78, 5) is 1.43. The van der Waals surface area contributed by atoms with E-state index in [-0.39, 0.29) is 0 Å². The molecule has 16 heavy (non-hydrogen) atoms. The molecular formula is C13H20BrNS. The van der Waals surface area contributed by atoms with Crippen LogP contribution in [0.5, 0.6) is 0 Å². The van der Waals surface area contributed by atoms with Crippen molar-refractivity contribution in [2.24, 2.45) is 5.41 Å². The fraction of sp³-hybridized carbons (Fsp3) is 0.692. The molecule has 1 nitrogen and oxygen atoms in total. The van der Waals surface area contributed by atoms with Crippen LogP contribution in [-0.4, -0.2) is 6.04 Å². The van der Waals surface area contributed by atoms with Crippen molar-refractivity contribution in [1.29, 1.82) is 0 Å². The first-order valence-electron chi connectivity index (χ1n) is 6.01. The second kappa shape index (κ2) is 5.19. The summed E-state index contributed by atoms with van der Waals surface area (Å²) in [5.74, 6) is 0. The zero-order valence-electron chi connectivity index (χ0n) is 10.1. The van der Waals surface area contributed by atoms with Gasteiger partial charge in [-0.2, -0.15) is 0 Å². The Morgan fingerprint density at radius 1 is 1.56 bits per heavy atom. The molecule has 1 atom stereocenters. The molecule has 0 bridgehead atoms. The second-order valence-electron chi connectivity index (χ2n) is 5.57. The first-order valence-corrected chi connectivity index (χ1v) is 7.69. The second-order valence-corrected chi connectivity index (χ2v) is 7.48. The summed E-state index contributed by atoms with van der Waals surface area (Å²) in [6.45, 7) is 5.81. The maximum absolute atomic E-state index is 3.70. The summed E-state index contributed by atoms with van der Waals surface area (Å²) in [6, 6.07) is 2.93. The minimum absolute atomic E-state index is 0.534. The predicted octanol–water partition coefficient (Wildman–Crippen LogP) is 4.57. The Morgan fingerprint density at radius 2 is 2.38 bits per heavy atom. The lowest BCUT2D eigenvalue weighted by Crippen LogP contribution is -2.36. The van der Waals surface area contributed by atoms with Crippen LogP contribution >= 0.6 is 27.3 Å². The topological polar surface area (TPSA) is 12.0 Å². The number of hydrogen-bond acceptors (Lipinski definition) is 2. The van der Waals surface area contributed by atoms with Gasteiger partial charge in [-0.25, -0.2) is 0 Å². The summed E-state index contributed by atoms with van der Waals surface area (Å²) in [5, 5.41) is 5.85. The Morgan fingerprint density at radius 3 is 3.00 bits per heavy atom. The Labute approximate surface area is 111 Å². The molecule has 0 amide bonds. The van der Waals surface area contributed by atoms with Gasteiger partial charge in [0.2, 0.25) is 0 Å². The SMILES string of the molecule is CC1(C)CCCC(NCc2cc(Br)cs2)C1. The maximum atomic E-state index is 3.70. The molecule has 1 saturated carbocycles. The van der Waals surface area contributed by atoms with Crippen molar-refractivity contribution in [2.45, 2.75) is 52.1 Å². The highest BCUT2D eigenvalue weighted by molar-refractivity contribution is 9.10. The van der Waals surface area contributed by atoms with E-state index in [0.29, 0.717) is 11.5 Å². The fourth-order valence-electron chi connectivity index (χ4n) is 2.56. The lowest BCUT2D eigenvalue weighted by molar-refractivity contribution is 0.198. The third-order valence-electron chi connectivity index (χ3n) is 3.39. The van der Waals surface area contributed by atoms with Crippen molar-refractivity contribution in [1.82, 2.24) is 5.32 Å². The Bertz CT molecular complexity index is 345. The van der Waals surface area contributed by atoms with Gasteiger partial charge in [-0.3, -0.25) is 0 Å². The van der Waals surface area contributed by atoms with Crippen LogP contribution in [0.3, 0.4) is 0 Å². The molecule has 3 heteroatoms. The van der Waals surface area contributed by atoms with Crippen LogP contribution < -0.4 is 5.32 Å². The number of halogens is 1. The van der Waals surface area contributed by atoms with E-state index in [1.54, 1.807) is 0 Å². The Balaban J connectivity index is 1.82. The highest BCUT2D eigenvalue weighted by Crippen LogP contribution is 2.35. The largest absolute Gasteiger partial charge is 0.309 e. The molecule has 1 heterocycles. The van der Waals surface area contributed by atoms with Crippen molar-refractivity contribution < 1.29 is 0 Å². The molecular weight excluding hydrogens is 282 g/mol. The van der Waals surface area contributed by atoms with E-state index in [2.05, 4.69) is 46.5 Å². The van der Waals surface area contributed by atoms with Crippen LogP contribution in [0.1, 0.15) is 44.4 Å². The molecule has 90 valence electrons. The quantitative estimate of drug-likeness (QED) is 0.862. The van der Waals surface area contributed by atoms with Crippen molar-refractivity contribution in [3.8, 4) is 0 Å². The van der Waals surface area contributed by atoms with Gasteiger partial charge in [-0.05, 0) is 46.7 Å². The molecule has 1 N–H and O–H groups in total. The van der Waals surface area contributed by atoms with Crippen molar-refractivity contribution in [2.75, 3.05) is 0 Å². The van der Waals surface area contributed by atoms with Crippen molar-refractivity contribution >= 4 is 27.3 Å². The standard InChI is InChI=1S/C13H20BrNS/c1-13(2)5-3-4-11(7-13)15-8-12-6-10(14)9-16-12/h6,9,11,15H,3-5,7-8H2,1-2H3. The van der Waals surface area contributed by atoms with Crippen LogP contribution in [0.25, 0.3) is 0 Å². The van der Waals surface area contributed by atoms with Gasteiger partial charge in [-0.15, -0.1) is 11.3 Å². The van der Waals surface area contributed by atoms with E-state index in [4.69, 9.17) is 0 Å². The Hall–Kier alpha value is 0.140. The molecule has 0 aromatic carbocycles. The highest BCUT2D eigenvalue weighted by atomic mass is 79.9. The van der Waals surface area contributed by atoms with Crippen molar-refractivity contribution in [3.63, 3.8) is 0 Å². The summed E-state index contributed by atoms with van der Waals surface area (Å²) in [7, 11) is 0. The number of nitrogens with one attached hydrogen (secondary N) is 1. The van der Waals surface area contributed by atoms with Crippen LogP contribution in [0.2, 0.25) is 0 Å².